The second-order valence-corrected chi connectivity index (χ2v) is 10.9. The average molecular weight is 386 g/mol. The maximum absolute atomic E-state index is 12.7. The monoisotopic (exact) mass is 386 g/mol. The number of sulfonamides is 1. The van der Waals surface area contributed by atoms with Gasteiger partial charge in [0.1, 0.15) is 0 Å². The Hall–Kier alpha value is -1.61. The minimum Gasteiger partial charge on any atom is -0.338 e. The van der Waals surface area contributed by atoms with Crippen LogP contribution in [0, 0.1) is 0 Å². The van der Waals surface area contributed by atoms with Crippen molar-refractivity contribution in [3.8, 4) is 0 Å². The molecule has 7 nitrogen and oxygen atoms in total. The number of nitrogens with zero attached hydrogens (tertiary/aromatic N) is 2. The molecule has 1 unspecified atom stereocenters. The summed E-state index contributed by atoms with van der Waals surface area (Å²) < 4.78 is 49.1. The van der Waals surface area contributed by atoms with Crippen molar-refractivity contribution in [3.63, 3.8) is 0 Å². The Bertz CT molecular complexity index is 880. The van der Waals surface area contributed by atoms with E-state index >= 15 is 0 Å². The summed E-state index contributed by atoms with van der Waals surface area (Å²) in [5.74, 6) is -0.0970. The summed E-state index contributed by atoms with van der Waals surface area (Å²) >= 11 is 0. The van der Waals surface area contributed by atoms with Gasteiger partial charge in [0.15, 0.2) is 9.84 Å². The van der Waals surface area contributed by atoms with Gasteiger partial charge in [-0.2, -0.15) is 0 Å². The third kappa shape index (κ3) is 3.82. The molecule has 0 aliphatic carbocycles. The van der Waals surface area contributed by atoms with E-state index in [0.717, 1.165) is 6.42 Å². The fourth-order valence-corrected chi connectivity index (χ4v) is 6.73. The molecular weight excluding hydrogens is 364 g/mol. The zero-order valence-corrected chi connectivity index (χ0v) is 15.7. The molecular formula is C16H22N2O5S2. The highest BCUT2D eigenvalue weighted by Crippen LogP contribution is 2.25. The molecule has 3 rings (SSSR count). The SMILES string of the molecule is CN(C(=O)c1cccc(N2CCCCS2(=O)=O)c1)C1CCS(=O)(=O)C1. The minimum absolute atomic E-state index is 0.0184. The molecule has 2 heterocycles. The van der Waals surface area contributed by atoms with Gasteiger partial charge < -0.3 is 4.90 Å². The number of anilines is 1. The predicted octanol–water partition coefficient (Wildman–Crippen LogP) is 0.876. The summed E-state index contributed by atoms with van der Waals surface area (Å²) in [7, 11) is -4.82. The third-order valence-electron chi connectivity index (χ3n) is 4.81. The van der Waals surface area contributed by atoms with Crippen LogP contribution in [0.4, 0.5) is 5.69 Å². The topological polar surface area (TPSA) is 91.8 Å². The van der Waals surface area contributed by atoms with Crippen LogP contribution in [0.1, 0.15) is 29.6 Å². The molecule has 0 spiro atoms. The van der Waals surface area contributed by atoms with Gasteiger partial charge in [-0.1, -0.05) is 6.07 Å². The Balaban J connectivity index is 1.82. The number of hydrogen-bond acceptors (Lipinski definition) is 5. The van der Waals surface area contributed by atoms with E-state index in [9.17, 15) is 21.6 Å². The Morgan fingerprint density at radius 3 is 2.56 bits per heavy atom. The van der Waals surface area contributed by atoms with Gasteiger partial charge in [0, 0.05) is 25.2 Å². The van der Waals surface area contributed by atoms with Crippen molar-refractivity contribution in [2.45, 2.75) is 25.3 Å². The summed E-state index contributed by atoms with van der Waals surface area (Å²) in [6.45, 7) is 0.413. The predicted molar refractivity (Wildman–Crippen MR) is 96.0 cm³/mol. The number of rotatable bonds is 3. The van der Waals surface area contributed by atoms with Gasteiger partial charge >= 0.3 is 0 Å². The maximum atomic E-state index is 12.7. The van der Waals surface area contributed by atoms with Crippen LogP contribution in [0.25, 0.3) is 0 Å². The molecule has 2 fully saturated rings. The van der Waals surface area contributed by atoms with Gasteiger partial charge in [-0.3, -0.25) is 9.10 Å². The first-order chi connectivity index (χ1) is 11.7. The third-order valence-corrected chi connectivity index (χ3v) is 8.43. The summed E-state index contributed by atoms with van der Waals surface area (Å²) in [6.07, 6.45) is 1.87. The first-order valence-electron chi connectivity index (χ1n) is 8.28. The normalized spacial score (nSPS) is 24.8. The van der Waals surface area contributed by atoms with Gasteiger partial charge in [0.25, 0.3) is 5.91 Å². The smallest absolute Gasteiger partial charge is 0.253 e. The number of amides is 1. The number of hydrogen-bond donors (Lipinski definition) is 0. The van der Waals surface area contributed by atoms with Crippen LogP contribution in [-0.4, -0.2) is 64.5 Å². The van der Waals surface area contributed by atoms with E-state index in [-0.39, 0.29) is 29.2 Å². The lowest BCUT2D eigenvalue weighted by molar-refractivity contribution is 0.0747. The zero-order chi connectivity index (χ0) is 18.2. The molecule has 9 heteroatoms. The largest absolute Gasteiger partial charge is 0.338 e. The van der Waals surface area contributed by atoms with Crippen molar-refractivity contribution in [2.24, 2.45) is 0 Å². The van der Waals surface area contributed by atoms with Gasteiger partial charge in [0.05, 0.1) is 22.9 Å². The van der Waals surface area contributed by atoms with E-state index in [1.165, 1.54) is 9.21 Å². The molecule has 0 bridgehead atoms. The molecule has 1 aromatic rings. The van der Waals surface area contributed by atoms with Crippen molar-refractivity contribution in [2.75, 3.05) is 35.2 Å². The van der Waals surface area contributed by atoms with Crippen molar-refractivity contribution in [1.82, 2.24) is 4.90 Å². The Kier molecular flexibility index (Phi) is 4.80. The van der Waals surface area contributed by atoms with Gasteiger partial charge in [-0.25, -0.2) is 16.8 Å². The van der Waals surface area contributed by atoms with Crippen molar-refractivity contribution >= 4 is 31.5 Å². The molecule has 2 saturated heterocycles. The number of sulfone groups is 1. The Morgan fingerprint density at radius 2 is 1.92 bits per heavy atom. The highest BCUT2D eigenvalue weighted by Gasteiger charge is 2.33. The van der Waals surface area contributed by atoms with E-state index in [2.05, 4.69) is 0 Å². The molecule has 0 saturated carbocycles. The first kappa shape index (κ1) is 18.2. The van der Waals surface area contributed by atoms with Crippen molar-refractivity contribution in [3.05, 3.63) is 29.8 Å². The van der Waals surface area contributed by atoms with E-state index in [1.54, 1.807) is 31.3 Å². The van der Waals surface area contributed by atoms with E-state index in [4.69, 9.17) is 0 Å². The van der Waals surface area contributed by atoms with Gasteiger partial charge in [-0.15, -0.1) is 0 Å². The summed E-state index contributed by atoms with van der Waals surface area (Å²) in [5.41, 5.74) is 0.850. The molecule has 138 valence electrons. The molecule has 25 heavy (non-hydrogen) atoms. The second-order valence-electron chi connectivity index (χ2n) is 6.62. The highest BCUT2D eigenvalue weighted by molar-refractivity contribution is 7.92. The fourth-order valence-electron chi connectivity index (χ4n) is 3.32. The standard InChI is InChI=1S/C16H22N2O5S2/c1-17(15-7-10-24(20,21)12-15)16(19)13-5-4-6-14(11-13)18-8-2-3-9-25(18,22)23/h4-6,11,15H,2-3,7-10,12H2,1H3. The minimum atomic E-state index is -3.34. The van der Waals surface area contributed by atoms with Gasteiger partial charge in [0.2, 0.25) is 10.0 Å². The number of carbonyl (C=O) groups excluding carboxylic acids is 1. The number of carbonyl (C=O) groups is 1. The lowest BCUT2D eigenvalue weighted by atomic mass is 10.1. The van der Waals surface area contributed by atoms with E-state index in [0.29, 0.717) is 30.6 Å². The van der Waals surface area contributed by atoms with E-state index < -0.39 is 19.9 Å². The van der Waals surface area contributed by atoms with Crippen molar-refractivity contribution < 1.29 is 21.6 Å². The van der Waals surface area contributed by atoms with Crippen molar-refractivity contribution in [1.29, 1.82) is 0 Å². The molecule has 1 aromatic carbocycles. The maximum Gasteiger partial charge on any atom is 0.253 e. The van der Waals surface area contributed by atoms with Crippen LogP contribution >= 0.6 is 0 Å². The van der Waals surface area contributed by atoms with Crippen LogP contribution in [0.2, 0.25) is 0 Å². The van der Waals surface area contributed by atoms with Gasteiger partial charge in [-0.05, 0) is 37.5 Å². The lowest BCUT2D eigenvalue weighted by Gasteiger charge is -2.29. The molecule has 1 amide bonds. The van der Waals surface area contributed by atoms with Crippen LogP contribution in [0.15, 0.2) is 24.3 Å². The van der Waals surface area contributed by atoms with Crippen LogP contribution in [0.5, 0.6) is 0 Å². The first-order valence-corrected chi connectivity index (χ1v) is 11.7. The molecule has 0 radical (unpaired) electrons. The van der Waals surface area contributed by atoms with E-state index in [1.807, 2.05) is 0 Å². The summed E-state index contributed by atoms with van der Waals surface area (Å²) in [5, 5.41) is 0. The average Bonchev–Trinajstić information content (AvgIpc) is 2.93. The Morgan fingerprint density at radius 1 is 1.16 bits per heavy atom. The summed E-state index contributed by atoms with van der Waals surface area (Å²) in [6, 6.07) is 6.21. The second kappa shape index (κ2) is 6.60. The summed E-state index contributed by atoms with van der Waals surface area (Å²) in [4.78, 5) is 14.2. The molecule has 2 aliphatic rings. The molecule has 0 N–H and O–H groups in total. The molecule has 2 aliphatic heterocycles. The van der Waals surface area contributed by atoms with Crippen LogP contribution < -0.4 is 4.31 Å². The fraction of sp³-hybridized carbons (Fsp3) is 0.562. The lowest BCUT2D eigenvalue weighted by Crippen LogP contribution is -2.39. The van der Waals surface area contributed by atoms with Crippen LogP contribution in [0.3, 0.4) is 0 Å². The highest BCUT2D eigenvalue weighted by atomic mass is 32.2. The zero-order valence-electron chi connectivity index (χ0n) is 14.1. The number of benzene rings is 1. The quantitative estimate of drug-likeness (QED) is 0.769. The molecule has 1 atom stereocenters. The molecule has 0 aromatic heterocycles. The van der Waals surface area contributed by atoms with Crippen LogP contribution in [-0.2, 0) is 19.9 Å². The Labute approximate surface area is 148 Å².